The molecule has 2 N–H and O–H groups in total. The Balaban J connectivity index is 1.24. The lowest BCUT2D eigenvalue weighted by Gasteiger charge is -2.64. The van der Waals surface area contributed by atoms with E-state index in [0.717, 1.165) is 50.9 Å². The van der Waals surface area contributed by atoms with Crippen molar-refractivity contribution in [1.82, 2.24) is 25.3 Å². The van der Waals surface area contributed by atoms with Crippen LogP contribution in [0.3, 0.4) is 0 Å². The van der Waals surface area contributed by atoms with E-state index in [0.29, 0.717) is 44.0 Å². The Bertz CT molecular complexity index is 1380. The Morgan fingerprint density at radius 3 is 2.67 bits per heavy atom. The molecule has 10 heteroatoms. The van der Waals surface area contributed by atoms with Gasteiger partial charge in [-0.05, 0) is 100 Å². The van der Waals surface area contributed by atoms with E-state index in [1.807, 2.05) is 11.0 Å². The van der Waals surface area contributed by atoms with Gasteiger partial charge in [0.15, 0.2) is 6.35 Å². The van der Waals surface area contributed by atoms with Crippen molar-refractivity contribution in [1.29, 1.82) is 5.26 Å². The Morgan fingerprint density at radius 1 is 1.10 bits per heavy atom. The summed E-state index contributed by atoms with van der Waals surface area (Å²) in [6.07, 6.45) is 16.6. The lowest BCUT2D eigenvalue weighted by molar-refractivity contribution is -0.181. The molecular weight excluding hydrogens is 636 g/mol. The van der Waals surface area contributed by atoms with Crippen LogP contribution in [0.15, 0.2) is 30.9 Å². The molecule has 1 spiro atoms. The molecule has 1 aromatic carbocycles. The number of benzene rings is 1. The third kappa shape index (κ3) is 7.23. The van der Waals surface area contributed by atoms with Crippen molar-refractivity contribution >= 4 is 17.7 Å². The third-order valence-corrected chi connectivity index (χ3v) is 14.7. The summed E-state index contributed by atoms with van der Waals surface area (Å²) in [4.78, 5) is 20.0. The van der Waals surface area contributed by atoms with Crippen LogP contribution >= 0.6 is 11.8 Å². The monoisotopic (exact) mass is 692 g/mol. The molecule has 0 radical (unpaired) electrons. The summed E-state index contributed by atoms with van der Waals surface area (Å²) >= 11 is 2.08. The zero-order valence-electron chi connectivity index (χ0n) is 29.5. The molecule has 7 rings (SSSR count). The van der Waals surface area contributed by atoms with E-state index in [1.165, 1.54) is 68.6 Å². The Hall–Kier alpha value is -2.00. The second kappa shape index (κ2) is 15.3. The number of carbonyl (C=O) groups is 1. The van der Waals surface area contributed by atoms with Crippen LogP contribution in [0.5, 0.6) is 0 Å². The Kier molecular flexibility index (Phi) is 11.1. The van der Waals surface area contributed by atoms with Gasteiger partial charge in [0.05, 0.1) is 30.8 Å². The summed E-state index contributed by atoms with van der Waals surface area (Å²) in [5, 5.41) is 18.2. The summed E-state index contributed by atoms with van der Waals surface area (Å²) in [5.41, 5.74) is 2.14. The second-order valence-electron chi connectivity index (χ2n) is 15.9. The molecule has 49 heavy (non-hydrogen) atoms. The fourth-order valence-corrected chi connectivity index (χ4v) is 12.2. The SMILES string of the molecule is C=CC(=O)N1CCN(C2(C3CCCCCCC3)NC(OCC3CCCN3C)NC3C[C@]4(CCC32)Cc2cc(F)ccc2CS4)CC1CC#N. The van der Waals surface area contributed by atoms with Crippen LogP contribution in [0.25, 0.3) is 0 Å². The molecule has 8 nitrogen and oxygen atoms in total. The fraction of sp³-hybridized carbons (Fsp3) is 0.744. The van der Waals surface area contributed by atoms with Crippen molar-refractivity contribution in [2.75, 3.05) is 39.8 Å². The quantitative estimate of drug-likeness (QED) is 0.349. The van der Waals surface area contributed by atoms with Crippen molar-refractivity contribution in [2.45, 2.75) is 131 Å². The molecule has 4 heterocycles. The van der Waals surface area contributed by atoms with Gasteiger partial charge in [-0.25, -0.2) is 4.39 Å². The van der Waals surface area contributed by atoms with E-state index in [2.05, 4.69) is 51.9 Å². The van der Waals surface area contributed by atoms with Crippen molar-refractivity contribution < 1.29 is 13.9 Å². The molecule has 0 aromatic heterocycles. The highest BCUT2D eigenvalue weighted by atomic mass is 32.2. The maximum absolute atomic E-state index is 14.5. The number of halogens is 1. The molecule has 6 unspecified atom stereocenters. The number of thioether (sulfide) groups is 1. The van der Waals surface area contributed by atoms with Crippen LogP contribution in [0.4, 0.5) is 4.39 Å². The van der Waals surface area contributed by atoms with Crippen molar-refractivity contribution in [3.8, 4) is 6.07 Å². The third-order valence-electron chi connectivity index (χ3n) is 13.1. The molecule has 0 bridgehead atoms. The lowest BCUT2D eigenvalue weighted by atomic mass is 9.63. The summed E-state index contributed by atoms with van der Waals surface area (Å²) < 4.78 is 21.4. The molecule has 268 valence electrons. The highest BCUT2D eigenvalue weighted by molar-refractivity contribution is 8.00. The summed E-state index contributed by atoms with van der Waals surface area (Å²) in [6.45, 7) is 7.61. The number of likely N-dealkylation sites (tertiary alicyclic amines) is 1. The van der Waals surface area contributed by atoms with Crippen molar-refractivity contribution in [3.63, 3.8) is 0 Å². The molecule has 5 fully saturated rings. The minimum Gasteiger partial charge on any atom is -0.348 e. The van der Waals surface area contributed by atoms with Gasteiger partial charge in [0.25, 0.3) is 0 Å². The second-order valence-corrected chi connectivity index (χ2v) is 17.3. The number of piperazine rings is 1. The van der Waals surface area contributed by atoms with Crippen LogP contribution in [-0.4, -0.2) is 95.3 Å². The zero-order chi connectivity index (χ0) is 34.0. The van der Waals surface area contributed by atoms with Crippen LogP contribution in [0, 0.1) is 29.0 Å². The van der Waals surface area contributed by atoms with Crippen LogP contribution in [0.1, 0.15) is 94.6 Å². The molecule has 6 aliphatic rings. The number of hydrogen-bond acceptors (Lipinski definition) is 8. The number of likely N-dealkylation sites (N-methyl/N-ethyl adjacent to an activating group) is 1. The number of rotatable bonds is 7. The Labute approximate surface area is 297 Å². The minimum absolute atomic E-state index is 0.0631. The van der Waals surface area contributed by atoms with Gasteiger partial charge < -0.3 is 14.5 Å². The minimum atomic E-state index is -0.318. The first kappa shape index (κ1) is 35.4. The van der Waals surface area contributed by atoms with Crippen molar-refractivity contribution in [3.05, 3.63) is 47.8 Å². The molecule has 7 atom stereocenters. The predicted octanol–water partition coefficient (Wildman–Crippen LogP) is 5.78. The summed E-state index contributed by atoms with van der Waals surface area (Å²) in [5.74, 6) is 1.50. The molecule has 2 aliphatic carbocycles. The molecular formula is C39H57FN6O2S. The summed E-state index contributed by atoms with van der Waals surface area (Å²) in [6, 6.07) is 8.25. The van der Waals surface area contributed by atoms with E-state index in [4.69, 9.17) is 4.74 Å². The number of fused-ring (bicyclic) bond motifs is 2. The average Bonchev–Trinajstić information content (AvgIpc) is 3.50. The molecule has 2 saturated carbocycles. The molecule has 1 amide bonds. The standard InChI is InChI=1S/C39H57FN6O2S/c1-3-36(47)46-21-20-45(25-32(46)16-18-41)39(30-10-7-5-4-6-8-11-30)34-15-17-38(23-29-22-31(40)14-13-28(29)27-49-38)24-35(34)42-37(43-39)48-26-33-12-9-19-44(33)2/h3,13-14,22,30,32-35,37,42-43H,1,4-12,15-17,19-21,23-27H2,2H3/t32?,33?,34?,35?,37?,38-,39?/m0/s1. The van der Waals surface area contributed by atoms with Gasteiger partial charge in [0.1, 0.15) is 5.82 Å². The number of nitriles is 1. The van der Waals surface area contributed by atoms with Gasteiger partial charge >= 0.3 is 0 Å². The number of ether oxygens (including phenoxy) is 1. The van der Waals surface area contributed by atoms with Gasteiger partial charge in [-0.3, -0.25) is 20.3 Å². The van der Waals surface area contributed by atoms with Crippen LogP contribution in [0.2, 0.25) is 0 Å². The van der Waals surface area contributed by atoms with E-state index in [1.54, 1.807) is 12.1 Å². The van der Waals surface area contributed by atoms with E-state index >= 15 is 0 Å². The zero-order valence-corrected chi connectivity index (χ0v) is 30.3. The smallest absolute Gasteiger partial charge is 0.246 e. The summed E-state index contributed by atoms with van der Waals surface area (Å²) in [7, 11) is 2.21. The van der Waals surface area contributed by atoms with E-state index in [-0.39, 0.29) is 40.6 Å². The molecule has 4 aliphatic heterocycles. The first-order valence-corrected chi connectivity index (χ1v) is 20.1. The normalized spacial score (nSPS) is 36.3. The van der Waals surface area contributed by atoms with Crippen LogP contribution < -0.4 is 10.6 Å². The Morgan fingerprint density at radius 2 is 1.92 bits per heavy atom. The lowest BCUT2D eigenvalue weighted by Crippen LogP contribution is -2.81. The predicted molar refractivity (Wildman–Crippen MR) is 193 cm³/mol. The highest BCUT2D eigenvalue weighted by Gasteiger charge is 2.60. The number of amides is 1. The van der Waals surface area contributed by atoms with E-state index in [9.17, 15) is 14.4 Å². The fourth-order valence-electron chi connectivity index (χ4n) is 10.6. The first-order valence-electron chi connectivity index (χ1n) is 19.2. The van der Waals surface area contributed by atoms with Gasteiger partial charge in [-0.15, -0.1) is 11.8 Å². The van der Waals surface area contributed by atoms with Gasteiger partial charge in [0.2, 0.25) is 5.91 Å². The largest absolute Gasteiger partial charge is 0.348 e. The van der Waals surface area contributed by atoms with Crippen molar-refractivity contribution in [2.24, 2.45) is 11.8 Å². The average molecular weight is 693 g/mol. The molecule has 1 aromatic rings. The number of nitrogens with zero attached hydrogens (tertiary/aromatic N) is 4. The number of nitrogens with one attached hydrogen (secondary N) is 2. The first-order chi connectivity index (χ1) is 23.8. The maximum Gasteiger partial charge on any atom is 0.246 e. The van der Waals surface area contributed by atoms with Gasteiger partial charge in [-0.2, -0.15) is 5.26 Å². The highest BCUT2D eigenvalue weighted by Crippen LogP contribution is 2.54. The number of hydrogen-bond donors (Lipinski definition) is 2. The van der Waals surface area contributed by atoms with E-state index < -0.39 is 0 Å². The van der Waals surface area contributed by atoms with Crippen LogP contribution in [-0.2, 0) is 21.7 Å². The topological polar surface area (TPSA) is 83.9 Å². The van der Waals surface area contributed by atoms with Gasteiger partial charge in [0, 0.05) is 48.1 Å². The maximum atomic E-state index is 14.5. The number of carbonyl (C=O) groups excluding carboxylic acids is 1. The molecule has 3 saturated heterocycles. The van der Waals surface area contributed by atoms with Gasteiger partial charge in [-0.1, -0.05) is 44.7 Å².